The number of carbonyl (C=O) groups is 1. The van der Waals surface area contributed by atoms with Crippen LogP contribution < -0.4 is 5.32 Å². The van der Waals surface area contributed by atoms with Crippen molar-refractivity contribution in [3.8, 4) is 6.07 Å². The molecule has 2 aromatic heterocycles. The minimum absolute atomic E-state index is 0.130. The van der Waals surface area contributed by atoms with Crippen LogP contribution in [0.4, 0.5) is 5.82 Å². The second-order valence-electron chi connectivity index (χ2n) is 5.07. The van der Waals surface area contributed by atoms with Gasteiger partial charge in [-0.05, 0) is 30.3 Å². The van der Waals surface area contributed by atoms with Crippen LogP contribution in [0.1, 0.15) is 15.9 Å². The molecule has 0 atom stereocenters. The highest BCUT2D eigenvalue weighted by molar-refractivity contribution is 6.35. The first-order valence-electron chi connectivity index (χ1n) is 7.50. The maximum atomic E-state index is 12.3. The van der Waals surface area contributed by atoms with Crippen LogP contribution in [0.15, 0.2) is 48.8 Å². The topological polar surface area (TPSA) is 87.9 Å². The molecule has 0 bridgehead atoms. The molecule has 2 heterocycles. The van der Waals surface area contributed by atoms with Crippen LogP contribution in [0, 0.1) is 11.3 Å². The lowest BCUT2D eigenvalue weighted by molar-refractivity contribution is 0.0523. The number of ether oxygens (including phenoxy) is 1. The molecule has 1 aromatic carbocycles. The van der Waals surface area contributed by atoms with E-state index in [0.717, 1.165) is 0 Å². The van der Waals surface area contributed by atoms with Crippen LogP contribution in [-0.2, 0) is 4.74 Å². The first kappa shape index (κ1) is 16.7. The average molecular weight is 353 g/mol. The van der Waals surface area contributed by atoms with Crippen molar-refractivity contribution < 1.29 is 9.53 Å². The van der Waals surface area contributed by atoms with E-state index in [2.05, 4.69) is 15.3 Å². The number of pyridine rings is 2. The van der Waals surface area contributed by atoms with E-state index in [1.165, 1.54) is 0 Å². The molecule has 0 fully saturated rings. The molecule has 0 spiro atoms. The third-order valence-electron chi connectivity index (χ3n) is 3.50. The fourth-order valence-electron chi connectivity index (χ4n) is 2.34. The summed E-state index contributed by atoms with van der Waals surface area (Å²) in [6.45, 7) is 0.464. The third kappa shape index (κ3) is 3.67. The molecule has 3 rings (SSSR count). The highest BCUT2D eigenvalue weighted by Crippen LogP contribution is 2.25. The predicted molar refractivity (Wildman–Crippen MR) is 94.5 cm³/mol. The Labute approximate surface area is 149 Å². The van der Waals surface area contributed by atoms with Gasteiger partial charge in [0.15, 0.2) is 0 Å². The molecule has 0 unspecified atom stereocenters. The predicted octanol–water partition coefficient (Wildman–Crippen LogP) is 3.42. The highest BCUT2D eigenvalue weighted by atomic mass is 35.5. The largest absolute Gasteiger partial charge is 0.460 e. The number of nitrogens with one attached hydrogen (secondary N) is 1. The zero-order chi connectivity index (χ0) is 17.6. The van der Waals surface area contributed by atoms with Crippen molar-refractivity contribution in [2.75, 3.05) is 18.5 Å². The molecule has 0 aliphatic heterocycles. The molecule has 0 saturated carbocycles. The Kier molecular flexibility index (Phi) is 5.07. The van der Waals surface area contributed by atoms with Gasteiger partial charge in [-0.3, -0.25) is 4.98 Å². The van der Waals surface area contributed by atoms with Crippen molar-refractivity contribution in [3.63, 3.8) is 0 Å². The zero-order valence-corrected chi connectivity index (χ0v) is 13.8. The van der Waals surface area contributed by atoms with Gasteiger partial charge in [-0.25, -0.2) is 9.78 Å². The maximum absolute atomic E-state index is 12.3. The van der Waals surface area contributed by atoms with Gasteiger partial charge in [0.25, 0.3) is 0 Å². The molecular weight excluding hydrogens is 340 g/mol. The quantitative estimate of drug-likeness (QED) is 0.559. The number of nitrogens with zero attached hydrogens (tertiary/aromatic N) is 3. The van der Waals surface area contributed by atoms with Crippen molar-refractivity contribution in [3.05, 3.63) is 64.9 Å². The highest BCUT2D eigenvalue weighted by Gasteiger charge is 2.13. The van der Waals surface area contributed by atoms with Crippen LogP contribution >= 0.6 is 11.6 Å². The Balaban J connectivity index is 1.64. The standard InChI is InChI=1S/C18H13ClN4O2/c19-15-6-5-14(13-4-2-7-21-16(13)15)18(24)25-10-9-23-17-12(11-20)3-1-8-22-17/h1-8H,9-10H2,(H,22,23). The van der Waals surface area contributed by atoms with Gasteiger partial charge in [-0.2, -0.15) is 5.26 Å². The smallest absolute Gasteiger partial charge is 0.338 e. The van der Waals surface area contributed by atoms with Crippen LogP contribution in [0.25, 0.3) is 10.9 Å². The molecule has 0 amide bonds. The maximum Gasteiger partial charge on any atom is 0.338 e. The van der Waals surface area contributed by atoms with Crippen molar-refractivity contribution in [1.82, 2.24) is 9.97 Å². The van der Waals surface area contributed by atoms with Gasteiger partial charge < -0.3 is 10.1 Å². The molecule has 0 radical (unpaired) electrons. The van der Waals surface area contributed by atoms with E-state index in [-0.39, 0.29) is 6.61 Å². The first-order valence-corrected chi connectivity index (χ1v) is 7.88. The fourth-order valence-corrected chi connectivity index (χ4v) is 2.56. The number of anilines is 1. The van der Waals surface area contributed by atoms with Gasteiger partial charge in [0.2, 0.25) is 0 Å². The molecule has 1 N–H and O–H groups in total. The zero-order valence-electron chi connectivity index (χ0n) is 13.1. The summed E-state index contributed by atoms with van der Waals surface area (Å²) in [4.78, 5) is 20.6. The number of esters is 1. The molecule has 124 valence electrons. The van der Waals surface area contributed by atoms with E-state index in [9.17, 15) is 4.79 Å². The second-order valence-corrected chi connectivity index (χ2v) is 5.48. The van der Waals surface area contributed by atoms with Crippen LogP contribution in [0.3, 0.4) is 0 Å². The number of rotatable bonds is 5. The lowest BCUT2D eigenvalue weighted by atomic mass is 10.1. The fraction of sp³-hybridized carbons (Fsp3) is 0.111. The third-order valence-corrected chi connectivity index (χ3v) is 3.80. The normalized spacial score (nSPS) is 10.2. The Morgan fingerprint density at radius 3 is 2.84 bits per heavy atom. The SMILES string of the molecule is N#Cc1cccnc1NCCOC(=O)c1ccc(Cl)c2ncccc12. The molecule has 0 saturated heterocycles. The minimum Gasteiger partial charge on any atom is -0.460 e. The van der Waals surface area contributed by atoms with Gasteiger partial charge in [0.05, 0.1) is 28.2 Å². The summed E-state index contributed by atoms with van der Waals surface area (Å²) in [5.41, 5.74) is 1.40. The summed E-state index contributed by atoms with van der Waals surface area (Å²) in [7, 11) is 0. The molecule has 0 aliphatic carbocycles. The summed E-state index contributed by atoms with van der Waals surface area (Å²) in [5.74, 6) is 0.000172. The Hall–Kier alpha value is -3.17. The van der Waals surface area contributed by atoms with E-state index in [1.54, 1.807) is 48.8 Å². The van der Waals surface area contributed by atoms with E-state index < -0.39 is 5.97 Å². The Morgan fingerprint density at radius 1 is 1.20 bits per heavy atom. The van der Waals surface area contributed by atoms with Gasteiger partial charge in [-0.1, -0.05) is 17.7 Å². The molecule has 25 heavy (non-hydrogen) atoms. The minimum atomic E-state index is -0.460. The van der Waals surface area contributed by atoms with Crippen molar-refractivity contribution in [2.24, 2.45) is 0 Å². The number of carbonyl (C=O) groups excluding carboxylic acids is 1. The summed E-state index contributed by atoms with van der Waals surface area (Å²) >= 11 is 6.10. The summed E-state index contributed by atoms with van der Waals surface area (Å²) in [6.07, 6.45) is 3.20. The molecule has 6 nitrogen and oxygen atoms in total. The second kappa shape index (κ2) is 7.60. The van der Waals surface area contributed by atoms with Gasteiger partial charge in [0.1, 0.15) is 18.5 Å². The average Bonchev–Trinajstić information content (AvgIpc) is 2.66. The summed E-state index contributed by atoms with van der Waals surface area (Å²) in [6, 6.07) is 12.1. The van der Waals surface area contributed by atoms with Crippen LogP contribution in [-0.4, -0.2) is 29.1 Å². The number of nitriles is 1. The number of hydrogen-bond acceptors (Lipinski definition) is 6. The number of fused-ring (bicyclic) bond motifs is 1. The number of aromatic nitrogens is 2. The lowest BCUT2D eigenvalue weighted by Gasteiger charge is -2.09. The monoisotopic (exact) mass is 352 g/mol. The summed E-state index contributed by atoms with van der Waals surface area (Å²) in [5, 5.41) is 13.1. The van der Waals surface area contributed by atoms with Crippen LogP contribution in [0.2, 0.25) is 5.02 Å². The van der Waals surface area contributed by atoms with E-state index >= 15 is 0 Å². The van der Waals surface area contributed by atoms with Crippen molar-refractivity contribution >= 4 is 34.3 Å². The number of halogens is 1. The van der Waals surface area contributed by atoms with E-state index in [4.69, 9.17) is 21.6 Å². The molecule has 0 aliphatic rings. The molecule has 3 aromatic rings. The molecular formula is C18H13ClN4O2. The van der Waals surface area contributed by atoms with Gasteiger partial charge in [-0.15, -0.1) is 0 Å². The number of benzene rings is 1. The summed E-state index contributed by atoms with van der Waals surface area (Å²) < 4.78 is 5.29. The van der Waals surface area contributed by atoms with E-state index in [0.29, 0.717) is 39.4 Å². The first-order chi connectivity index (χ1) is 12.2. The van der Waals surface area contributed by atoms with Gasteiger partial charge >= 0.3 is 5.97 Å². The lowest BCUT2D eigenvalue weighted by Crippen LogP contribution is -2.15. The van der Waals surface area contributed by atoms with Crippen molar-refractivity contribution in [2.45, 2.75) is 0 Å². The number of hydrogen-bond donors (Lipinski definition) is 1. The Morgan fingerprint density at radius 2 is 2.00 bits per heavy atom. The van der Waals surface area contributed by atoms with E-state index in [1.807, 2.05) is 6.07 Å². The van der Waals surface area contributed by atoms with Gasteiger partial charge in [0, 0.05) is 17.8 Å². The molecule has 7 heteroatoms. The Bertz CT molecular complexity index is 969. The van der Waals surface area contributed by atoms with Crippen LogP contribution in [0.5, 0.6) is 0 Å². The van der Waals surface area contributed by atoms with Crippen molar-refractivity contribution in [1.29, 1.82) is 5.26 Å².